The van der Waals surface area contributed by atoms with Crippen LogP contribution in [-0.2, 0) is 0 Å². The fourth-order valence-corrected chi connectivity index (χ4v) is 3.59. The second kappa shape index (κ2) is 6.02. The highest BCUT2D eigenvalue weighted by molar-refractivity contribution is 4.87. The smallest absolute Gasteiger partial charge is 0.0721 e. The summed E-state index contributed by atoms with van der Waals surface area (Å²) in [7, 11) is 0. The first kappa shape index (κ1) is 12.4. The molecule has 2 aliphatic rings. The molecule has 2 rings (SSSR count). The molecule has 3 N–H and O–H groups in total. The van der Waals surface area contributed by atoms with Crippen LogP contribution in [-0.4, -0.2) is 17.3 Å². The van der Waals surface area contributed by atoms with Crippen LogP contribution in [0.25, 0.3) is 0 Å². The summed E-state index contributed by atoms with van der Waals surface area (Å²) in [6.45, 7) is 0. The molecule has 0 unspecified atom stereocenters. The fraction of sp³-hybridized carbons (Fsp3) is 1.00. The van der Waals surface area contributed by atoms with Crippen LogP contribution in [0.4, 0.5) is 0 Å². The molecule has 94 valence electrons. The summed E-state index contributed by atoms with van der Waals surface area (Å²) >= 11 is 0. The summed E-state index contributed by atoms with van der Waals surface area (Å²) in [6, 6.07) is 0.0448. The molecule has 0 bridgehead atoms. The van der Waals surface area contributed by atoms with E-state index in [-0.39, 0.29) is 12.1 Å². The molecule has 0 spiro atoms. The lowest BCUT2D eigenvalue weighted by Gasteiger charge is -2.36. The maximum atomic E-state index is 10.4. The first-order chi connectivity index (χ1) is 7.79. The van der Waals surface area contributed by atoms with Crippen LogP contribution in [0, 0.1) is 11.8 Å². The van der Waals surface area contributed by atoms with Crippen molar-refractivity contribution in [3.05, 3.63) is 0 Å². The van der Waals surface area contributed by atoms with E-state index < -0.39 is 0 Å². The van der Waals surface area contributed by atoms with Crippen molar-refractivity contribution in [1.29, 1.82) is 0 Å². The van der Waals surface area contributed by atoms with E-state index in [1.54, 1.807) is 0 Å². The molecular formula is C14H27NO. The van der Waals surface area contributed by atoms with Crippen molar-refractivity contribution in [1.82, 2.24) is 0 Å². The van der Waals surface area contributed by atoms with Gasteiger partial charge < -0.3 is 10.8 Å². The fourth-order valence-electron chi connectivity index (χ4n) is 3.59. The Hall–Kier alpha value is -0.0800. The van der Waals surface area contributed by atoms with Gasteiger partial charge in [-0.05, 0) is 37.5 Å². The van der Waals surface area contributed by atoms with Crippen LogP contribution in [0.2, 0.25) is 0 Å². The van der Waals surface area contributed by atoms with Gasteiger partial charge in [0, 0.05) is 6.04 Å². The van der Waals surface area contributed by atoms with E-state index in [0.29, 0.717) is 11.8 Å². The van der Waals surface area contributed by atoms with E-state index in [1.807, 2.05) is 0 Å². The average molecular weight is 225 g/mol. The van der Waals surface area contributed by atoms with Gasteiger partial charge in [-0.15, -0.1) is 0 Å². The predicted octanol–water partition coefficient (Wildman–Crippen LogP) is 2.84. The quantitative estimate of drug-likeness (QED) is 0.776. The Morgan fingerprint density at radius 3 is 1.69 bits per heavy atom. The molecule has 0 aromatic carbocycles. The topological polar surface area (TPSA) is 46.2 Å². The molecular weight excluding hydrogens is 198 g/mol. The third-order valence-electron chi connectivity index (χ3n) is 4.72. The second-order valence-electron chi connectivity index (χ2n) is 5.86. The van der Waals surface area contributed by atoms with Gasteiger partial charge in [-0.2, -0.15) is 0 Å². The molecule has 0 aromatic rings. The molecule has 16 heavy (non-hydrogen) atoms. The highest BCUT2D eigenvalue weighted by Crippen LogP contribution is 2.32. The normalized spacial score (nSPS) is 28.9. The molecule has 2 heteroatoms. The SMILES string of the molecule is N[C@H](C1CCCCC1)[C@@H](O)C1CCCCC1. The molecule has 0 heterocycles. The minimum absolute atomic E-state index is 0.0448. The number of aliphatic hydroxyl groups is 1. The van der Waals surface area contributed by atoms with Gasteiger partial charge in [0.25, 0.3) is 0 Å². The van der Waals surface area contributed by atoms with Crippen molar-refractivity contribution in [2.45, 2.75) is 76.4 Å². The van der Waals surface area contributed by atoms with E-state index in [4.69, 9.17) is 5.73 Å². The van der Waals surface area contributed by atoms with Gasteiger partial charge in [-0.1, -0.05) is 38.5 Å². The summed E-state index contributed by atoms with van der Waals surface area (Å²) in [4.78, 5) is 0. The molecule has 2 aliphatic carbocycles. The summed E-state index contributed by atoms with van der Waals surface area (Å²) in [6.07, 6.45) is 12.6. The lowest BCUT2D eigenvalue weighted by molar-refractivity contribution is 0.0369. The van der Waals surface area contributed by atoms with E-state index >= 15 is 0 Å². The lowest BCUT2D eigenvalue weighted by atomic mass is 9.76. The summed E-state index contributed by atoms with van der Waals surface area (Å²) < 4.78 is 0. The molecule has 0 radical (unpaired) electrons. The van der Waals surface area contributed by atoms with E-state index in [0.717, 1.165) is 0 Å². The van der Waals surface area contributed by atoms with Gasteiger partial charge in [0.1, 0.15) is 0 Å². The van der Waals surface area contributed by atoms with Crippen LogP contribution in [0.5, 0.6) is 0 Å². The van der Waals surface area contributed by atoms with Crippen molar-refractivity contribution >= 4 is 0 Å². The van der Waals surface area contributed by atoms with Crippen LogP contribution in [0.3, 0.4) is 0 Å². The van der Waals surface area contributed by atoms with Crippen molar-refractivity contribution in [3.8, 4) is 0 Å². The zero-order valence-corrected chi connectivity index (χ0v) is 10.4. The largest absolute Gasteiger partial charge is 0.391 e. The monoisotopic (exact) mass is 225 g/mol. The lowest BCUT2D eigenvalue weighted by Crippen LogP contribution is -2.46. The number of hydrogen-bond donors (Lipinski definition) is 2. The Balaban J connectivity index is 1.84. The summed E-state index contributed by atoms with van der Waals surface area (Å²) in [5, 5.41) is 10.4. The minimum atomic E-state index is -0.233. The summed E-state index contributed by atoms with van der Waals surface area (Å²) in [5.41, 5.74) is 6.27. The van der Waals surface area contributed by atoms with Gasteiger partial charge in [-0.3, -0.25) is 0 Å². The zero-order chi connectivity index (χ0) is 11.4. The maximum Gasteiger partial charge on any atom is 0.0721 e. The molecule has 2 fully saturated rings. The molecule has 2 nitrogen and oxygen atoms in total. The Labute approximate surface area is 99.6 Å². The van der Waals surface area contributed by atoms with Crippen molar-refractivity contribution in [2.75, 3.05) is 0 Å². The highest BCUT2D eigenvalue weighted by atomic mass is 16.3. The predicted molar refractivity (Wildman–Crippen MR) is 67.1 cm³/mol. The average Bonchev–Trinajstić information content (AvgIpc) is 2.39. The summed E-state index contributed by atoms with van der Waals surface area (Å²) in [5.74, 6) is 1.08. The van der Waals surface area contributed by atoms with Crippen LogP contribution < -0.4 is 5.73 Å². The Morgan fingerprint density at radius 2 is 1.19 bits per heavy atom. The van der Waals surface area contributed by atoms with E-state index in [2.05, 4.69) is 0 Å². The number of aliphatic hydroxyl groups excluding tert-OH is 1. The Morgan fingerprint density at radius 1 is 0.750 bits per heavy atom. The van der Waals surface area contributed by atoms with Gasteiger partial charge in [0.2, 0.25) is 0 Å². The molecule has 2 atom stereocenters. The van der Waals surface area contributed by atoms with Crippen molar-refractivity contribution in [3.63, 3.8) is 0 Å². The van der Waals surface area contributed by atoms with Crippen LogP contribution in [0.1, 0.15) is 64.2 Å². The van der Waals surface area contributed by atoms with E-state index in [1.165, 1.54) is 64.2 Å². The van der Waals surface area contributed by atoms with Crippen molar-refractivity contribution in [2.24, 2.45) is 17.6 Å². The Kier molecular flexibility index (Phi) is 4.66. The number of nitrogens with two attached hydrogens (primary N) is 1. The maximum absolute atomic E-state index is 10.4. The molecule has 0 aliphatic heterocycles. The molecule has 0 amide bonds. The number of rotatable bonds is 3. The third-order valence-corrected chi connectivity index (χ3v) is 4.72. The molecule has 2 saturated carbocycles. The number of hydrogen-bond acceptors (Lipinski definition) is 2. The Bertz CT molecular complexity index is 173. The minimum Gasteiger partial charge on any atom is -0.391 e. The molecule has 0 aromatic heterocycles. The van der Waals surface area contributed by atoms with Gasteiger partial charge >= 0.3 is 0 Å². The second-order valence-corrected chi connectivity index (χ2v) is 5.86. The zero-order valence-electron chi connectivity index (χ0n) is 10.4. The van der Waals surface area contributed by atoms with E-state index in [9.17, 15) is 5.11 Å². The highest BCUT2D eigenvalue weighted by Gasteiger charge is 2.31. The van der Waals surface area contributed by atoms with Crippen LogP contribution >= 0.6 is 0 Å². The first-order valence-corrected chi connectivity index (χ1v) is 7.22. The standard InChI is InChI=1S/C14H27NO/c15-13(11-7-3-1-4-8-11)14(16)12-9-5-2-6-10-12/h11-14,16H,1-10,15H2/t13-,14+/m1/s1. The van der Waals surface area contributed by atoms with Crippen molar-refractivity contribution < 1.29 is 5.11 Å². The van der Waals surface area contributed by atoms with Gasteiger partial charge in [0.15, 0.2) is 0 Å². The third kappa shape index (κ3) is 2.98. The van der Waals surface area contributed by atoms with Gasteiger partial charge in [0.05, 0.1) is 6.10 Å². The molecule has 0 saturated heterocycles. The first-order valence-electron chi connectivity index (χ1n) is 7.22. The van der Waals surface area contributed by atoms with Crippen LogP contribution in [0.15, 0.2) is 0 Å². The van der Waals surface area contributed by atoms with Gasteiger partial charge in [-0.25, -0.2) is 0 Å².